The highest BCUT2D eigenvalue weighted by atomic mass is 35.5. The van der Waals surface area contributed by atoms with Crippen LogP contribution >= 0.6 is 23.2 Å². The van der Waals surface area contributed by atoms with E-state index < -0.39 is 5.82 Å². The SMILES string of the molecule is Fc1ccc(NCc2c(Cl)oc3ccccc23)cc1Cl. The summed E-state index contributed by atoms with van der Waals surface area (Å²) in [6, 6.07) is 12.1. The van der Waals surface area contributed by atoms with Gasteiger partial charge in [0.2, 0.25) is 0 Å². The van der Waals surface area contributed by atoms with Crippen LogP contribution in [0.2, 0.25) is 10.2 Å². The van der Waals surface area contributed by atoms with Crippen LogP contribution < -0.4 is 5.32 Å². The van der Waals surface area contributed by atoms with E-state index in [4.69, 9.17) is 27.6 Å². The highest BCUT2D eigenvalue weighted by Gasteiger charge is 2.11. The molecule has 20 heavy (non-hydrogen) atoms. The third kappa shape index (κ3) is 2.47. The lowest BCUT2D eigenvalue weighted by molar-refractivity contribution is 0.613. The number of rotatable bonds is 3. The molecule has 0 aliphatic rings. The Morgan fingerprint density at radius 3 is 2.70 bits per heavy atom. The van der Waals surface area contributed by atoms with E-state index in [-0.39, 0.29) is 5.02 Å². The van der Waals surface area contributed by atoms with E-state index in [1.54, 1.807) is 6.07 Å². The molecule has 0 aliphatic heterocycles. The first-order valence-corrected chi connectivity index (χ1v) is 6.75. The van der Waals surface area contributed by atoms with Crippen molar-refractivity contribution in [1.82, 2.24) is 0 Å². The molecule has 1 N–H and O–H groups in total. The Morgan fingerprint density at radius 1 is 1.10 bits per heavy atom. The standard InChI is InChI=1S/C15H10Cl2FNO/c16-12-7-9(5-6-13(12)18)19-8-11-10-3-1-2-4-14(10)20-15(11)17/h1-7,19H,8H2. The van der Waals surface area contributed by atoms with Crippen molar-refractivity contribution >= 4 is 39.9 Å². The smallest absolute Gasteiger partial charge is 0.199 e. The van der Waals surface area contributed by atoms with Crippen molar-refractivity contribution in [2.75, 3.05) is 5.32 Å². The van der Waals surface area contributed by atoms with Crippen LogP contribution in [0.5, 0.6) is 0 Å². The molecular weight excluding hydrogens is 300 g/mol. The zero-order chi connectivity index (χ0) is 14.1. The van der Waals surface area contributed by atoms with Gasteiger partial charge >= 0.3 is 0 Å². The molecule has 102 valence electrons. The molecule has 0 bridgehead atoms. The number of hydrogen-bond donors (Lipinski definition) is 1. The number of para-hydroxylation sites is 1. The van der Waals surface area contributed by atoms with Crippen LogP contribution in [-0.4, -0.2) is 0 Å². The van der Waals surface area contributed by atoms with E-state index in [9.17, 15) is 4.39 Å². The molecule has 0 unspecified atom stereocenters. The molecule has 0 radical (unpaired) electrons. The van der Waals surface area contributed by atoms with Crippen LogP contribution in [0, 0.1) is 5.82 Å². The van der Waals surface area contributed by atoms with Gasteiger partial charge < -0.3 is 9.73 Å². The molecule has 1 aromatic heterocycles. The van der Waals surface area contributed by atoms with Crippen molar-refractivity contribution in [3.8, 4) is 0 Å². The normalized spacial score (nSPS) is 10.9. The zero-order valence-corrected chi connectivity index (χ0v) is 11.8. The highest BCUT2D eigenvalue weighted by Crippen LogP contribution is 2.30. The summed E-state index contributed by atoms with van der Waals surface area (Å²) in [6.07, 6.45) is 0. The van der Waals surface area contributed by atoms with Gasteiger partial charge in [0.25, 0.3) is 0 Å². The molecule has 0 fully saturated rings. The quantitative estimate of drug-likeness (QED) is 0.692. The van der Waals surface area contributed by atoms with Crippen molar-refractivity contribution in [1.29, 1.82) is 0 Å². The van der Waals surface area contributed by atoms with Crippen LogP contribution in [0.15, 0.2) is 46.9 Å². The molecule has 0 atom stereocenters. The van der Waals surface area contributed by atoms with E-state index >= 15 is 0 Å². The molecule has 0 aliphatic carbocycles. The molecule has 5 heteroatoms. The highest BCUT2D eigenvalue weighted by molar-refractivity contribution is 6.31. The zero-order valence-electron chi connectivity index (χ0n) is 10.3. The first-order chi connectivity index (χ1) is 9.65. The fourth-order valence-electron chi connectivity index (χ4n) is 2.03. The average Bonchev–Trinajstić information content (AvgIpc) is 2.76. The molecule has 0 spiro atoms. The number of benzene rings is 2. The van der Waals surface area contributed by atoms with Crippen LogP contribution in [0.4, 0.5) is 10.1 Å². The van der Waals surface area contributed by atoms with Gasteiger partial charge in [-0.05, 0) is 35.9 Å². The minimum absolute atomic E-state index is 0.0816. The molecule has 3 rings (SSSR count). The minimum Gasteiger partial charge on any atom is -0.444 e. The lowest BCUT2D eigenvalue weighted by atomic mass is 10.2. The maximum absolute atomic E-state index is 13.1. The van der Waals surface area contributed by atoms with E-state index in [1.165, 1.54) is 12.1 Å². The summed E-state index contributed by atoms with van der Waals surface area (Å²) in [5.74, 6) is -0.441. The summed E-state index contributed by atoms with van der Waals surface area (Å²) in [5.41, 5.74) is 2.33. The number of nitrogens with one attached hydrogen (secondary N) is 1. The summed E-state index contributed by atoms with van der Waals surface area (Å²) in [6.45, 7) is 0.470. The van der Waals surface area contributed by atoms with Gasteiger partial charge in [-0.25, -0.2) is 4.39 Å². The van der Waals surface area contributed by atoms with Crippen molar-refractivity contribution < 1.29 is 8.81 Å². The van der Waals surface area contributed by atoms with Gasteiger partial charge in [0.05, 0.1) is 5.02 Å². The monoisotopic (exact) mass is 309 g/mol. The number of hydrogen-bond acceptors (Lipinski definition) is 2. The maximum atomic E-state index is 13.1. The first-order valence-electron chi connectivity index (χ1n) is 6.00. The van der Waals surface area contributed by atoms with Crippen molar-refractivity contribution in [3.05, 3.63) is 64.1 Å². The van der Waals surface area contributed by atoms with E-state index in [1.807, 2.05) is 24.3 Å². The van der Waals surface area contributed by atoms with E-state index in [2.05, 4.69) is 5.32 Å². The molecule has 3 aromatic rings. The van der Waals surface area contributed by atoms with Crippen molar-refractivity contribution in [2.45, 2.75) is 6.54 Å². The Labute approximate surface area is 125 Å². The van der Waals surface area contributed by atoms with Crippen LogP contribution in [0.3, 0.4) is 0 Å². The third-order valence-electron chi connectivity index (χ3n) is 3.04. The fraction of sp³-hybridized carbons (Fsp3) is 0.0667. The van der Waals surface area contributed by atoms with Gasteiger partial charge in [0.1, 0.15) is 11.4 Å². The number of anilines is 1. The number of halogens is 3. The Morgan fingerprint density at radius 2 is 1.90 bits per heavy atom. The van der Waals surface area contributed by atoms with Crippen molar-refractivity contribution in [3.63, 3.8) is 0 Å². The van der Waals surface area contributed by atoms with Gasteiger partial charge in [0, 0.05) is 23.2 Å². The van der Waals surface area contributed by atoms with Crippen molar-refractivity contribution in [2.24, 2.45) is 0 Å². The maximum Gasteiger partial charge on any atom is 0.199 e. The second kappa shape index (κ2) is 5.35. The molecular formula is C15H10Cl2FNO. The number of fused-ring (bicyclic) bond motifs is 1. The Hall–Kier alpha value is -1.71. The Balaban J connectivity index is 1.86. The van der Waals surface area contributed by atoms with Crippen LogP contribution in [0.1, 0.15) is 5.56 Å². The molecule has 2 aromatic carbocycles. The molecule has 0 amide bonds. The van der Waals surface area contributed by atoms with Crippen LogP contribution in [-0.2, 0) is 6.54 Å². The van der Waals surface area contributed by atoms with Gasteiger partial charge in [-0.1, -0.05) is 29.8 Å². The molecule has 1 heterocycles. The number of furan rings is 1. The lowest BCUT2D eigenvalue weighted by Gasteiger charge is -2.06. The minimum atomic E-state index is -0.441. The van der Waals surface area contributed by atoms with Gasteiger partial charge in [-0.2, -0.15) is 0 Å². The predicted octanol–water partition coefficient (Wildman–Crippen LogP) is 5.49. The third-order valence-corrected chi connectivity index (χ3v) is 3.63. The fourth-order valence-corrected chi connectivity index (χ4v) is 2.46. The van der Waals surface area contributed by atoms with Crippen LogP contribution in [0.25, 0.3) is 11.0 Å². The topological polar surface area (TPSA) is 25.2 Å². The average molecular weight is 310 g/mol. The summed E-state index contributed by atoms with van der Waals surface area (Å²) in [4.78, 5) is 0. The van der Waals surface area contributed by atoms with Gasteiger partial charge in [-0.3, -0.25) is 0 Å². The van der Waals surface area contributed by atoms with E-state index in [0.717, 1.165) is 22.2 Å². The molecule has 2 nitrogen and oxygen atoms in total. The summed E-state index contributed by atoms with van der Waals surface area (Å²) >= 11 is 11.8. The lowest BCUT2D eigenvalue weighted by Crippen LogP contribution is -1.99. The second-order valence-corrected chi connectivity index (χ2v) is 5.08. The molecule has 0 saturated carbocycles. The second-order valence-electron chi connectivity index (χ2n) is 4.33. The Kier molecular flexibility index (Phi) is 3.55. The summed E-state index contributed by atoms with van der Waals surface area (Å²) < 4.78 is 18.6. The predicted molar refractivity (Wildman–Crippen MR) is 80.0 cm³/mol. The Bertz CT molecular complexity index is 770. The summed E-state index contributed by atoms with van der Waals surface area (Å²) in [7, 11) is 0. The largest absolute Gasteiger partial charge is 0.444 e. The van der Waals surface area contributed by atoms with E-state index in [0.29, 0.717) is 11.8 Å². The van der Waals surface area contributed by atoms with Gasteiger partial charge in [-0.15, -0.1) is 0 Å². The summed E-state index contributed by atoms with van der Waals surface area (Å²) in [5, 5.41) is 4.54. The van der Waals surface area contributed by atoms with Gasteiger partial charge in [0.15, 0.2) is 5.22 Å². The first kappa shape index (κ1) is 13.3. The molecule has 0 saturated heterocycles.